The summed E-state index contributed by atoms with van der Waals surface area (Å²) in [6.45, 7) is 1.93. The number of carbonyl (C=O) groups is 1. The molecule has 1 aromatic heterocycles. The molecule has 3 aromatic rings. The number of hydrogen-bond donors (Lipinski definition) is 1. The Bertz CT molecular complexity index is 899. The number of nitrogens with zero attached hydrogens (tertiary/aromatic N) is 2. The first-order chi connectivity index (χ1) is 12.6. The van der Waals surface area contributed by atoms with Crippen LogP contribution in [0, 0.1) is 12.7 Å². The van der Waals surface area contributed by atoms with Crippen LogP contribution in [-0.2, 0) is 0 Å². The molecule has 2 aromatic carbocycles. The minimum absolute atomic E-state index is 0.292. The Balaban J connectivity index is 1.93. The van der Waals surface area contributed by atoms with Crippen LogP contribution in [0.2, 0.25) is 0 Å². The van der Waals surface area contributed by atoms with E-state index in [1.54, 1.807) is 31.4 Å². The molecule has 0 aliphatic heterocycles. The summed E-state index contributed by atoms with van der Waals surface area (Å²) in [6, 6.07) is 18.5. The molecular weight excluding hydrogens is 329 g/mol. The Kier molecular flexibility index (Phi) is 5.27. The van der Waals surface area contributed by atoms with Crippen molar-refractivity contribution < 1.29 is 9.18 Å². The van der Waals surface area contributed by atoms with Gasteiger partial charge in [-0.2, -0.15) is 0 Å². The third-order valence-corrected chi connectivity index (χ3v) is 4.23. The third kappa shape index (κ3) is 3.88. The van der Waals surface area contributed by atoms with Crippen LogP contribution in [0.1, 0.15) is 22.9 Å². The van der Waals surface area contributed by atoms with E-state index in [0.717, 1.165) is 11.3 Å². The lowest BCUT2D eigenvalue weighted by atomic mass is 10.0. The number of carbonyl (C=O) groups excluding carboxylic acids is 1. The summed E-state index contributed by atoms with van der Waals surface area (Å²) in [4.78, 5) is 18.7. The van der Waals surface area contributed by atoms with Gasteiger partial charge in [0.2, 0.25) is 0 Å². The summed E-state index contributed by atoms with van der Waals surface area (Å²) in [5.41, 5.74) is 3.03. The fourth-order valence-electron chi connectivity index (χ4n) is 2.84. The lowest BCUT2D eigenvalue weighted by Crippen LogP contribution is -2.36. The molecule has 0 saturated carbocycles. The van der Waals surface area contributed by atoms with Gasteiger partial charge in [0, 0.05) is 18.9 Å². The molecule has 3 rings (SSSR count). The molecule has 0 fully saturated rings. The Hall–Kier alpha value is -3.21. The van der Waals surface area contributed by atoms with Gasteiger partial charge in [-0.3, -0.25) is 4.98 Å². The first kappa shape index (κ1) is 17.6. The highest BCUT2D eigenvalue weighted by Crippen LogP contribution is 2.27. The van der Waals surface area contributed by atoms with E-state index in [1.165, 1.54) is 17.0 Å². The highest BCUT2D eigenvalue weighted by atomic mass is 19.1. The molecule has 0 radical (unpaired) electrons. The summed E-state index contributed by atoms with van der Waals surface area (Å²) in [6.07, 6.45) is 1.66. The minimum Gasteiger partial charge on any atom is -0.315 e. The number of benzene rings is 2. The molecule has 132 valence electrons. The van der Waals surface area contributed by atoms with Crippen molar-refractivity contribution in [3.05, 3.63) is 95.6 Å². The third-order valence-electron chi connectivity index (χ3n) is 4.23. The van der Waals surface area contributed by atoms with Gasteiger partial charge in [-0.1, -0.05) is 36.4 Å². The number of hydrogen-bond acceptors (Lipinski definition) is 2. The molecule has 4 nitrogen and oxygen atoms in total. The highest BCUT2D eigenvalue weighted by Gasteiger charge is 2.25. The van der Waals surface area contributed by atoms with Crippen LogP contribution < -0.4 is 5.32 Å². The number of urea groups is 1. The molecule has 1 heterocycles. The summed E-state index contributed by atoms with van der Waals surface area (Å²) >= 11 is 0. The Labute approximate surface area is 152 Å². The van der Waals surface area contributed by atoms with Crippen LogP contribution >= 0.6 is 0 Å². The van der Waals surface area contributed by atoms with E-state index in [2.05, 4.69) is 10.3 Å². The fourth-order valence-corrected chi connectivity index (χ4v) is 2.84. The highest BCUT2D eigenvalue weighted by molar-refractivity contribution is 5.90. The molecule has 0 unspecified atom stereocenters. The molecule has 0 aliphatic carbocycles. The second-order valence-electron chi connectivity index (χ2n) is 6.07. The summed E-state index contributed by atoms with van der Waals surface area (Å²) in [5, 5.41) is 2.91. The summed E-state index contributed by atoms with van der Waals surface area (Å²) in [5.74, 6) is -0.351. The van der Waals surface area contributed by atoms with Crippen LogP contribution in [-0.4, -0.2) is 23.0 Å². The number of halogens is 1. The van der Waals surface area contributed by atoms with Crippen molar-refractivity contribution in [2.45, 2.75) is 13.0 Å². The van der Waals surface area contributed by atoms with Crippen LogP contribution in [0.5, 0.6) is 0 Å². The van der Waals surface area contributed by atoms with E-state index < -0.39 is 6.04 Å². The molecule has 0 aliphatic rings. The SMILES string of the molecule is Cc1ccccc1NC(=O)N(C)[C@H](c1cccc(F)c1)c1ccccn1. The van der Waals surface area contributed by atoms with Crippen LogP contribution in [0.3, 0.4) is 0 Å². The van der Waals surface area contributed by atoms with Gasteiger partial charge in [-0.05, 0) is 48.4 Å². The molecule has 0 spiro atoms. The average molecular weight is 349 g/mol. The van der Waals surface area contributed by atoms with E-state index in [-0.39, 0.29) is 11.8 Å². The largest absolute Gasteiger partial charge is 0.322 e. The smallest absolute Gasteiger partial charge is 0.315 e. The monoisotopic (exact) mass is 349 g/mol. The van der Waals surface area contributed by atoms with E-state index in [9.17, 15) is 9.18 Å². The second kappa shape index (κ2) is 7.78. The molecule has 5 heteroatoms. The minimum atomic E-state index is -0.504. The number of aryl methyl sites for hydroxylation is 1. The zero-order valence-electron chi connectivity index (χ0n) is 14.7. The van der Waals surface area contributed by atoms with Gasteiger partial charge >= 0.3 is 6.03 Å². The number of para-hydroxylation sites is 1. The predicted molar refractivity (Wildman–Crippen MR) is 100 cm³/mol. The topological polar surface area (TPSA) is 45.2 Å². The molecule has 1 atom stereocenters. The lowest BCUT2D eigenvalue weighted by Gasteiger charge is -2.28. The van der Waals surface area contributed by atoms with Gasteiger partial charge in [-0.25, -0.2) is 9.18 Å². The molecular formula is C21H20FN3O. The van der Waals surface area contributed by atoms with E-state index in [1.807, 2.05) is 43.3 Å². The van der Waals surface area contributed by atoms with Crippen molar-refractivity contribution >= 4 is 11.7 Å². The zero-order valence-corrected chi connectivity index (χ0v) is 14.7. The number of anilines is 1. The van der Waals surface area contributed by atoms with Gasteiger partial charge in [0.25, 0.3) is 0 Å². The number of amides is 2. The number of aromatic nitrogens is 1. The van der Waals surface area contributed by atoms with Gasteiger partial charge < -0.3 is 10.2 Å². The van der Waals surface area contributed by atoms with E-state index in [0.29, 0.717) is 11.3 Å². The Morgan fingerprint density at radius 2 is 1.85 bits per heavy atom. The van der Waals surface area contributed by atoms with E-state index in [4.69, 9.17) is 0 Å². The van der Waals surface area contributed by atoms with Crippen molar-refractivity contribution in [3.8, 4) is 0 Å². The fraction of sp³-hybridized carbons (Fsp3) is 0.143. The predicted octanol–water partition coefficient (Wildman–Crippen LogP) is 4.78. The molecule has 0 bridgehead atoms. The van der Waals surface area contributed by atoms with Crippen molar-refractivity contribution in [2.75, 3.05) is 12.4 Å². The summed E-state index contributed by atoms with van der Waals surface area (Å²) in [7, 11) is 1.68. The maximum absolute atomic E-state index is 13.8. The number of pyridine rings is 1. The second-order valence-corrected chi connectivity index (χ2v) is 6.07. The Morgan fingerprint density at radius 3 is 2.54 bits per heavy atom. The maximum atomic E-state index is 13.8. The van der Waals surface area contributed by atoms with Crippen molar-refractivity contribution in [3.63, 3.8) is 0 Å². The van der Waals surface area contributed by atoms with Gasteiger partial charge in [-0.15, -0.1) is 0 Å². The average Bonchev–Trinajstić information content (AvgIpc) is 2.65. The first-order valence-corrected chi connectivity index (χ1v) is 8.32. The Morgan fingerprint density at radius 1 is 1.08 bits per heavy atom. The standard InChI is InChI=1S/C21H20FN3O/c1-15-8-3-4-11-18(15)24-21(26)25(2)20(19-12-5-6-13-23-19)16-9-7-10-17(22)14-16/h3-14,20H,1-2H3,(H,24,26)/t20-/m1/s1. The normalized spacial score (nSPS) is 11.7. The molecule has 26 heavy (non-hydrogen) atoms. The van der Waals surface area contributed by atoms with Crippen molar-refractivity contribution in [1.29, 1.82) is 0 Å². The number of nitrogens with one attached hydrogen (secondary N) is 1. The molecule has 2 amide bonds. The zero-order chi connectivity index (χ0) is 18.5. The molecule has 1 N–H and O–H groups in total. The lowest BCUT2D eigenvalue weighted by molar-refractivity contribution is 0.211. The van der Waals surface area contributed by atoms with Gasteiger partial charge in [0.05, 0.1) is 5.69 Å². The number of rotatable bonds is 4. The molecule has 0 saturated heterocycles. The van der Waals surface area contributed by atoms with Gasteiger partial charge in [0.1, 0.15) is 11.9 Å². The summed E-state index contributed by atoms with van der Waals surface area (Å²) < 4.78 is 13.8. The van der Waals surface area contributed by atoms with Crippen LogP contribution in [0.25, 0.3) is 0 Å². The van der Waals surface area contributed by atoms with Crippen molar-refractivity contribution in [2.24, 2.45) is 0 Å². The first-order valence-electron chi connectivity index (χ1n) is 8.32. The van der Waals surface area contributed by atoms with Crippen LogP contribution in [0.15, 0.2) is 72.9 Å². The quantitative estimate of drug-likeness (QED) is 0.736. The van der Waals surface area contributed by atoms with Crippen LogP contribution in [0.4, 0.5) is 14.9 Å². The van der Waals surface area contributed by atoms with Crippen molar-refractivity contribution in [1.82, 2.24) is 9.88 Å². The van der Waals surface area contributed by atoms with E-state index >= 15 is 0 Å². The maximum Gasteiger partial charge on any atom is 0.322 e. The van der Waals surface area contributed by atoms with Gasteiger partial charge in [0.15, 0.2) is 0 Å².